The Morgan fingerprint density at radius 3 is 1.00 bits per heavy atom. The van der Waals surface area contributed by atoms with Crippen LogP contribution in [0.3, 0.4) is 0 Å². The number of hydrogen-bond donors (Lipinski definition) is 0. The van der Waals surface area contributed by atoms with Crippen molar-refractivity contribution in [3.05, 3.63) is 109 Å². The van der Waals surface area contributed by atoms with E-state index in [9.17, 15) is 14.4 Å². The summed E-state index contributed by atoms with van der Waals surface area (Å²) >= 11 is 0. The maximum atomic E-state index is 12.8. The molecule has 356 valence electrons. The molecule has 0 aromatic rings. The molecular weight excluding hydrogens is 781 g/mol. The molecule has 0 aliphatic heterocycles. The predicted molar refractivity (Wildman–Crippen MR) is 270 cm³/mol. The van der Waals surface area contributed by atoms with Gasteiger partial charge in [0.05, 0.1) is 0 Å². The summed E-state index contributed by atoms with van der Waals surface area (Å²) in [7, 11) is 0. The van der Waals surface area contributed by atoms with E-state index in [0.717, 1.165) is 109 Å². The van der Waals surface area contributed by atoms with E-state index in [1.807, 2.05) is 0 Å². The second-order valence-corrected chi connectivity index (χ2v) is 16.3. The zero-order valence-corrected chi connectivity index (χ0v) is 40.5. The topological polar surface area (TPSA) is 78.9 Å². The summed E-state index contributed by atoms with van der Waals surface area (Å²) < 4.78 is 16.7. The quantitative estimate of drug-likeness (QED) is 0.0263. The number of esters is 3. The average molecular weight is 873 g/mol. The molecule has 0 saturated carbocycles. The van der Waals surface area contributed by atoms with Crippen molar-refractivity contribution >= 4 is 17.9 Å². The Morgan fingerprint density at radius 2 is 0.619 bits per heavy atom. The molecule has 0 bridgehead atoms. The van der Waals surface area contributed by atoms with Crippen molar-refractivity contribution in [1.82, 2.24) is 0 Å². The molecule has 0 rings (SSSR count). The number of unbranched alkanes of at least 4 members (excludes halogenated alkanes) is 15. The van der Waals surface area contributed by atoms with Crippen LogP contribution in [-0.4, -0.2) is 37.2 Å². The second kappa shape index (κ2) is 50.7. The van der Waals surface area contributed by atoms with Gasteiger partial charge in [-0.15, -0.1) is 0 Å². The van der Waals surface area contributed by atoms with Gasteiger partial charge in [0.2, 0.25) is 0 Å². The lowest BCUT2D eigenvalue weighted by Crippen LogP contribution is -2.30. The summed E-state index contributed by atoms with van der Waals surface area (Å²) in [4.78, 5) is 37.9. The van der Waals surface area contributed by atoms with Crippen LogP contribution in [0.1, 0.15) is 213 Å². The van der Waals surface area contributed by atoms with Crippen LogP contribution in [0, 0.1) is 0 Å². The van der Waals surface area contributed by atoms with Crippen LogP contribution in [0.4, 0.5) is 0 Å². The van der Waals surface area contributed by atoms with Crippen LogP contribution in [-0.2, 0) is 28.6 Å². The lowest BCUT2D eigenvalue weighted by atomic mass is 10.1. The van der Waals surface area contributed by atoms with E-state index in [-0.39, 0.29) is 37.5 Å². The molecule has 6 heteroatoms. The number of ether oxygens (including phenoxy) is 3. The summed E-state index contributed by atoms with van der Waals surface area (Å²) in [5.74, 6) is -1.02. The van der Waals surface area contributed by atoms with Crippen LogP contribution < -0.4 is 0 Å². The number of carbonyl (C=O) groups excluding carboxylic acids is 3. The SMILES string of the molecule is CC/C=C\C/C=C\C/C=C\C/C=C\CCCCC(=O)OC[C@H](COC(=O)CCCCCCC/C=C\C/C=C\CCCCC)OC(=O)CCCC/C=C\C/C=C\C/C=C\CCCCC. The first-order valence-electron chi connectivity index (χ1n) is 25.4. The molecule has 0 aromatic carbocycles. The van der Waals surface area contributed by atoms with Gasteiger partial charge in [-0.3, -0.25) is 14.4 Å². The Hall–Kier alpha value is -3.93. The van der Waals surface area contributed by atoms with E-state index in [0.29, 0.717) is 25.7 Å². The molecular formula is C57H92O6. The largest absolute Gasteiger partial charge is 0.462 e. The maximum absolute atomic E-state index is 12.8. The van der Waals surface area contributed by atoms with Gasteiger partial charge in [-0.05, 0) is 128 Å². The van der Waals surface area contributed by atoms with E-state index in [2.05, 4.69) is 130 Å². The fourth-order valence-corrected chi connectivity index (χ4v) is 6.41. The summed E-state index contributed by atoms with van der Waals surface area (Å²) in [5, 5.41) is 0. The van der Waals surface area contributed by atoms with Crippen molar-refractivity contribution in [2.75, 3.05) is 13.2 Å². The van der Waals surface area contributed by atoms with Crippen LogP contribution in [0.2, 0.25) is 0 Å². The fraction of sp³-hybridized carbons (Fsp3) is 0.632. The summed E-state index contributed by atoms with van der Waals surface area (Å²) in [6.07, 6.45) is 67.8. The molecule has 63 heavy (non-hydrogen) atoms. The third-order valence-electron chi connectivity index (χ3n) is 10.2. The lowest BCUT2D eigenvalue weighted by molar-refractivity contribution is -0.167. The number of hydrogen-bond acceptors (Lipinski definition) is 6. The third-order valence-corrected chi connectivity index (χ3v) is 10.2. The standard InChI is InChI=1S/C57H92O6/c1-4-7-10-13-16-19-22-25-28-31-34-37-40-43-46-49-55(58)61-52-54(63-57(60)51-48-45-42-39-36-33-30-27-24-21-18-15-12-9-6-3)53-62-56(59)50-47-44-41-38-35-32-29-26-23-20-17-14-11-8-5-2/h7,10,16-21,25-30,34,36-37,39,54H,4-6,8-9,11-15,22-24,31-33,35,38,40-53H2,1-3H3/b10-7-,19-16-,20-17-,21-18-,28-25-,29-26-,30-27-,37-34-,39-36-/t54-/m1/s1. The van der Waals surface area contributed by atoms with E-state index >= 15 is 0 Å². The molecule has 0 amide bonds. The monoisotopic (exact) mass is 873 g/mol. The number of allylic oxidation sites excluding steroid dienone is 18. The van der Waals surface area contributed by atoms with Gasteiger partial charge in [0, 0.05) is 19.3 Å². The zero-order valence-electron chi connectivity index (χ0n) is 40.5. The molecule has 0 heterocycles. The molecule has 0 unspecified atom stereocenters. The lowest BCUT2D eigenvalue weighted by Gasteiger charge is -2.18. The van der Waals surface area contributed by atoms with Crippen LogP contribution in [0.5, 0.6) is 0 Å². The van der Waals surface area contributed by atoms with Gasteiger partial charge in [-0.1, -0.05) is 175 Å². The minimum Gasteiger partial charge on any atom is -0.462 e. The molecule has 0 aliphatic carbocycles. The first-order chi connectivity index (χ1) is 31.0. The van der Waals surface area contributed by atoms with Gasteiger partial charge in [-0.25, -0.2) is 0 Å². The number of rotatable bonds is 44. The van der Waals surface area contributed by atoms with Crippen molar-refractivity contribution in [2.45, 2.75) is 219 Å². The molecule has 0 aliphatic rings. The highest BCUT2D eigenvalue weighted by atomic mass is 16.6. The minimum absolute atomic E-state index is 0.116. The average Bonchev–Trinajstić information content (AvgIpc) is 3.28. The molecule has 0 N–H and O–H groups in total. The fourth-order valence-electron chi connectivity index (χ4n) is 6.41. The first-order valence-corrected chi connectivity index (χ1v) is 25.4. The van der Waals surface area contributed by atoms with Gasteiger partial charge in [0.1, 0.15) is 13.2 Å². The Bertz CT molecular complexity index is 1330. The van der Waals surface area contributed by atoms with Gasteiger partial charge in [0.15, 0.2) is 6.10 Å². The normalized spacial score (nSPS) is 13.0. The van der Waals surface area contributed by atoms with Gasteiger partial charge < -0.3 is 14.2 Å². The number of carbonyl (C=O) groups is 3. The molecule has 0 radical (unpaired) electrons. The third kappa shape index (κ3) is 49.0. The highest BCUT2D eigenvalue weighted by Crippen LogP contribution is 2.11. The molecule has 6 nitrogen and oxygen atoms in total. The van der Waals surface area contributed by atoms with Crippen molar-refractivity contribution in [1.29, 1.82) is 0 Å². The van der Waals surface area contributed by atoms with E-state index in [1.165, 1.54) is 51.4 Å². The predicted octanol–water partition coefficient (Wildman–Crippen LogP) is 16.8. The van der Waals surface area contributed by atoms with Gasteiger partial charge in [-0.2, -0.15) is 0 Å². The van der Waals surface area contributed by atoms with Gasteiger partial charge in [0.25, 0.3) is 0 Å². The molecule has 1 atom stereocenters. The Morgan fingerprint density at radius 1 is 0.333 bits per heavy atom. The Balaban J connectivity index is 4.56. The maximum Gasteiger partial charge on any atom is 0.306 e. The van der Waals surface area contributed by atoms with Crippen molar-refractivity contribution in [3.63, 3.8) is 0 Å². The summed E-state index contributed by atoms with van der Waals surface area (Å²) in [5.41, 5.74) is 0. The summed E-state index contributed by atoms with van der Waals surface area (Å²) in [6, 6.07) is 0. The molecule has 0 aromatic heterocycles. The summed E-state index contributed by atoms with van der Waals surface area (Å²) in [6.45, 7) is 6.37. The Kier molecular flexibility index (Phi) is 47.5. The van der Waals surface area contributed by atoms with Crippen molar-refractivity contribution in [2.24, 2.45) is 0 Å². The highest BCUT2D eigenvalue weighted by molar-refractivity contribution is 5.71. The van der Waals surface area contributed by atoms with E-state index < -0.39 is 6.10 Å². The van der Waals surface area contributed by atoms with Gasteiger partial charge >= 0.3 is 17.9 Å². The smallest absolute Gasteiger partial charge is 0.306 e. The van der Waals surface area contributed by atoms with Crippen molar-refractivity contribution < 1.29 is 28.6 Å². The Labute approximate surface area is 387 Å². The molecule has 0 spiro atoms. The van der Waals surface area contributed by atoms with Crippen LogP contribution in [0.15, 0.2) is 109 Å². The zero-order chi connectivity index (χ0) is 45.8. The first kappa shape index (κ1) is 59.1. The van der Waals surface area contributed by atoms with E-state index in [4.69, 9.17) is 14.2 Å². The molecule has 0 fully saturated rings. The van der Waals surface area contributed by atoms with Crippen LogP contribution >= 0.6 is 0 Å². The second-order valence-electron chi connectivity index (χ2n) is 16.3. The minimum atomic E-state index is -0.822. The highest BCUT2D eigenvalue weighted by Gasteiger charge is 2.19. The molecule has 0 saturated heterocycles. The van der Waals surface area contributed by atoms with Crippen molar-refractivity contribution in [3.8, 4) is 0 Å². The van der Waals surface area contributed by atoms with Crippen LogP contribution in [0.25, 0.3) is 0 Å². The van der Waals surface area contributed by atoms with E-state index in [1.54, 1.807) is 0 Å².